The third kappa shape index (κ3) is 5.30. The number of hydrogen-bond acceptors (Lipinski definition) is 4. The van der Waals surface area contributed by atoms with Crippen molar-refractivity contribution in [2.45, 2.75) is 72.1 Å². The molecule has 1 amide bonds. The van der Waals surface area contributed by atoms with E-state index in [1.54, 1.807) is 20.8 Å². The van der Waals surface area contributed by atoms with Crippen molar-refractivity contribution in [2.24, 2.45) is 17.8 Å². The van der Waals surface area contributed by atoms with Crippen LogP contribution in [0.15, 0.2) is 0 Å². The summed E-state index contributed by atoms with van der Waals surface area (Å²) in [5.41, 5.74) is -0.585. The Hall–Kier alpha value is -1.10. The van der Waals surface area contributed by atoms with Crippen LogP contribution in [0.3, 0.4) is 0 Å². The molecule has 0 bridgehead atoms. The van der Waals surface area contributed by atoms with Crippen LogP contribution < -0.4 is 5.32 Å². The van der Waals surface area contributed by atoms with Gasteiger partial charge < -0.3 is 15.2 Å². The van der Waals surface area contributed by atoms with Gasteiger partial charge in [-0.25, -0.2) is 4.79 Å². The predicted octanol–water partition coefficient (Wildman–Crippen LogP) is 2.51. The molecule has 0 spiro atoms. The third-order valence-corrected chi connectivity index (χ3v) is 3.67. The van der Waals surface area contributed by atoms with Gasteiger partial charge in [-0.15, -0.1) is 0 Å². The molecule has 1 fully saturated rings. The molecule has 0 aromatic carbocycles. The third-order valence-electron chi connectivity index (χ3n) is 3.67. The zero-order valence-electron chi connectivity index (χ0n) is 14.0. The van der Waals surface area contributed by atoms with Crippen LogP contribution in [0.4, 0.5) is 4.79 Å². The summed E-state index contributed by atoms with van der Waals surface area (Å²) in [7, 11) is 0. The molecule has 5 heteroatoms. The lowest BCUT2D eigenvalue weighted by molar-refractivity contribution is -0.113. The van der Waals surface area contributed by atoms with Gasteiger partial charge in [-0.05, 0) is 39.5 Å². The highest BCUT2D eigenvalue weighted by atomic mass is 16.6. The topological polar surface area (TPSA) is 75.6 Å². The summed E-state index contributed by atoms with van der Waals surface area (Å²) in [5.74, 6) is 0.00189. The second kappa shape index (κ2) is 6.77. The number of ketones is 1. The van der Waals surface area contributed by atoms with Crippen LogP contribution >= 0.6 is 0 Å². The van der Waals surface area contributed by atoms with Gasteiger partial charge in [-0.1, -0.05) is 20.8 Å². The Balaban J connectivity index is 2.68. The van der Waals surface area contributed by atoms with E-state index in [0.717, 1.165) is 6.42 Å². The number of amides is 1. The normalized spacial score (nSPS) is 24.7. The zero-order chi connectivity index (χ0) is 16.4. The van der Waals surface area contributed by atoms with Crippen molar-refractivity contribution in [1.82, 2.24) is 5.32 Å². The van der Waals surface area contributed by atoms with Crippen molar-refractivity contribution >= 4 is 11.9 Å². The first-order chi connectivity index (χ1) is 9.56. The molecule has 2 N–H and O–H groups in total. The van der Waals surface area contributed by atoms with E-state index in [1.807, 2.05) is 20.8 Å². The van der Waals surface area contributed by atoms with Crippen LogP contribution in [-0.2, 0) is 9.53 Å². The lowest BCUT2D eigenvalue weighted by Gasteiger charge is -2.27. The van der Waals surface area contributed by atoms with Crippen molar-refractivity contribution in [1.29, 1.82) is 0 Å². The Morgan fingerprint density at radius 2 is 1.95 bits per heavy atom. The van der Waals surface area contributed by atoms with Crippen LogP contribution in [0.25, 0.3) is 0 Å². The monoisotopic (exact) mass is 299 g/mol. The Kier molecular flexibility index (Phi) is 5.79. The van der Waals surface area contributed by atoms with E-state index >= 15 is 0 Å². The first-order valence-electron chi connectivity index (χ1n) is 7.78. The molecule has 4 atom stereocenters. The van der Waals surface area contributed by atoms with Gasteiger partial charge in [0, 0.05) is 5.92 Å². The van der Waals surface area contributed by atoms with Gasteiger partial charge in [-0.3, -0.25) is 4.79 Å². The molecule has 1 aliphatic carbocycles. The summed E-state index contributed by atoms with van der Waals surface area (Å²) in [6, 6.07) is -0.453. The second-order valence-electron chi connectivity index (χ2n) is 7.32. The number of aliphatic hydroxyl groups is 1. The van der Waals surface area contributed by atoms with Gasteiger partial charge >= 0.3 is 6.09 Å². The fourth-order valence-electron chi connectivity index (χ4n) is 2.68. The number of rotatable bonds is 6. The van der Waals surface area contributed by atoms with Crippen molar-refractivity contribution in [2.75, 3.05) is 0 Å². The standard InChI is InChI=1S/C16H29NO4/c1-7-10-12(13(10)18)14(19)11(8-9(2)3)17-15(20)21-16(4,5)6/h9-12,14,19H,7-8H2,1-6H3,(H,17,20)/t10?,11-,12?,14?/m0/s1. The Labute approximate surface area is 127 Å². The zero-order valence-corrected chi connectivity index (χ0v) is 14.0. The van der Waals surface area contributed by atoms with Gasteiger partial charge in [-0.2, -0.15) is 0 Å². The lowest BCUT2D eigenvalue weighted by atomic mass is 9.95. The Morgan fingerprint density at radius 3 is 2.33 bits per heavy atom. The maximum atomic E-state index is 11.9. The summed E-state index contributed by atoms with van der Waals surface area (Å²) < 4.78 is 5.23. The van der Waals surface area contributed by atoms with Crippen molar-refractivity contribution in [3.63, 3.8) is 0 Å². The van der Waals surface area contributed by atoms with E-state index in [9.17, 15) is 14.7 Å². The fourth-order valence-corrected chi connectivity index (χ4v) is 2.68. The van der Waals surface area contributed by atoms with Gasteiger partial charge in [0.1, 0.15) is 11.4 Å². The molecule has 0 aromatic rings. The molecule has 0 heterocycles. The number of carbonyl (C=O) groups excluding carboxylic acids is 2. The largest absolute Gasteiger partial charge is 0.444 e. The maximum Gasteiger partial charge on any atom is 0.407 e. The van der Waals surface area contributed by atoms with Gasteiger partial charge in [0.05, 0.1) is 18.1 Å². The maximum absolute atomic E-state index is 11.9. The SMILES string of the molecule is CCC1C(=O)C1C(O)[C@H](CC(C)C)NC(=O)OC(C)(C)C. The minimum absolute atomic E-state index is 0.0601. The van der Waals surface area contributed by atoms with Crippen LogP contribution in [0, 0.1) is 17.8 Å². The molecule has 122 valence electrons. The molecule has 0 radical (unpaired) electrons. The molecule has 5 nitrogen and oxygen atoms in total. The summed E-state index contributed by atoms with van der Waals surface area (Å²) >= 11 is 0. The molecule has 0 aromatic heterocycles. The van der Waals surface area contributed by atoms with E-state index in [-0.39, 0.29) is 17.6 Å². The Morgan fingerprint density at radius 1 is 1.38 bits per heavy atom. The number of aliphatic hydroxyl groups excluding tert-OH is 1. The molecule has 1 saturated carbocycles. The van der Waals surface area contributed by atoms with E-state index in [4.69, 9.17) is 4.74 Å². The van der Waals surface area contributed by atoms with Gasteiger partial charge in [0.2, 0.25) is 0 Å². The highest BCUT2D eigenvalue weighted by Crippen LogP contribution is 2.40. The second-order valence-corrected chi connectivity index (χ2v) is 7.32. The Bertz CT molecular complexity index is 386. The smallest absolute Gasteiger partial charge is 0.407 e. The summed E-state index contributed by atoms with van der Waals surface area (Å²) in [6.45, 7) is 11.3. The van der Waals surface area contributed by atoms with E-state index in [2.05, 4.69) is 5.32 Å². The van der Waals surface area contributed by atoms with Crippen molar-refractivity contribution in [3.8, 4) is 0 Å². The van der Waals surface area contributed by atoms with Crippen molar-refractivity contribution in [3.05, 3.63) is 0 Å². The summed E-state index contributed by atoms with van der Waals surface area (Å²) in [5, 5.41) is 13.2. The van der Waals surface area contributed by atoms with Gasteiger partial charge in [0.25, 0.3) is 0 Å². The van der Waals surface area contributed by atoms with Gasteiger partial charge in [0.15, 0.2) is 0 Å². The highest BCUT2D eigenvalue weighted by molar-refractivity contribution is 5.99. The van der Waals surface area contributed by atoms with E-state index in [1.165, 1.54) is 0 Å². The minimum atomic E-state index is -0.836. The highest BCUT2D eigenvalue weighted by Gasteiger charge is 2.54. The quantitative estimate of drug-likeness (QED) is 0.790. The molecule has 1 aliphatic rings. The van der Waals surface area contributed by atoms with Crippen LogP contribution in [-0.4, -0.2) is 34.7 Å². The lowest BCUT2D eigenvalue weighted by Crippen LogP contribution is -2.47. The molecule has 3 unspecified atom stereocenters. The molecule has 0 saturated heterocycles. The first kappa shape index (κ1) is 18.0. The number of hydrogen-bond donors (Lipinski definition) is 2. The summed E-state index contributed by atoms with van der Waals surface area (Å²) in [4.78, 5) is 23.6. The molecular formula is C16H29NO4. The van der Waals surface area contributed by atoms with E-state index < -0.39 is 23.8 Å². The number of carbonyl (C=O) groups is 2. The number of alkyl carbamates (subject to hydrolysis) is 1. The van der Waals surface area contributed by atoms with Crippen LogP contribution in [0.5, 0.6) is 0 Å². The van der Waals surface area contributed by atoms with E-state index in [0.29, 0.717) is 12.3 Å². The number of Topliss-reactive ketones (excluding diaryl/α,β-unsaturated/α-hetero) is 1. The predicted molar refractivity (Wildman–Crippen MR) is 80.9 cm³/mol. The first-order valence-corrected chi connectivity index (χ1v) is 7.78. The van der Waals surface area contributed by atoms with Crippen LogP contribution in [0.1, 0.15) is 54.4 Å². The molecular weight excluding hydrogens is 270 g/mol. The number of ether oxygens (including phenoxy) is 1. The van der Waals surface area contributed by atoms with Crippen molar-refractivity contribution < 1.29 is 19.4 Å². The molecule has 21 heavy (non-hydrogen) atoms. The fraction of sp³-hybridized carbons (Fsp3) is 0.875. The molecule has 1 rings (SSSR count). The number of nitrogens with one attached hydrogen (secondary N) is 1. The minimum Gasteiger partial charge on any atom is -0.444 e. The van der Waals surface area contributed by atoms with Crippen LogP contribution in [0.2, 0.25) is 0 Å². The average Bonchev–Trinajstić information content (AvgIpc) is 2.94. The summed E-state index contributed by atoms with van der Waals surface area (Å²) in [6.07, 6.45) is -0.0344. The molecule has 0 aliphatic heterocycles. The average molecular weight is 299 g/mol.